The second kappa shape index (κ2) is 7.09. The standard InChI is InChI=1S/C15H16BrClN2O2/c1-10(2)19-15(20)14(17)13(8-18-19)21-9-12-5-3-11(7-16)4-6-12/h3-6,8,10H,7,9H2,1-2H3. The normalized spacial score (nSPS) is 10.9. The molecule has 0 unspecified atom stereocenters. The first-order valence-corrected chi connectivity index (χ1v) is 8.06. The van der Waals surface area contributed by atoms with E-state index in [1.165, 1.54) is 16.4 Å². The van der Waals surface area contributed by atoms with Crippen molar-refractivity contribution in [3.63, 3.8) is 0 Å². The fourth-order valence-electron chi connectivity index (χ4n) is 1.78. The Morgan fingerprint density at radius 3 is 2.48 bits per heavy atom. The Labute approximate surface area is 136 Å². The average Bonchev–Trinajstić information content (AvgIpc) is 2.49. The molecule has 4 nitrogen and oxygen atoms in total. The summed E-state index contributed by atoms with van der Waals surface area (Å²) in [5, 5.41) is 4.95. The molecule has 0 bridgehead atoms. The summed E-state index contributed by atoms with van der Waals surface area (Å²) in [6.07, 6.45) is 1.48. The van der Waals surface area contributed by atoms with Crippen LogP contribution in [-0.2, 0) is 11.9 Å². The van der Waals surface area contributed by atoms with Gasteiger partial charge in [-0.15, -0.1) is 0 Å². The van der Waals surface area contributed by atoms with Crippen LogP contribution >= 0.6 is 27.5 Å². The first-order chi connectivity index (χ1) is 10.0. The van der Waals surface area contributed by atoms with Gasteiger partial charge in [0.05, 0.1) is 12.2 Å². The maximum Gasteiger partial charge on any atom is 0.289 e. The van der Waals surface area contributed by atoms with Gasteiger partial charge in [0.1, 0.15) is 6.61 Å². The van der Waals surface area contributed by atoms with Crippen LogP contribution in [0.1, 0.15) is 31.0 Å². The van der Waals surface area contributed by atoms with Crippen molar-refractivity contribution < 1.29 is 4.74 Å². The first-order valence-electron chi connectivity index (χ1n) is 6.57. The summed E-state index contributed by atoms with van der Waals surface area (Å²) < 4.78 is 6.93. The lowest BCUT2D eigenvalue weighted by Gasteiger charge is -2.12. The predicted octanol–water partition coefficient (Wildman–Crippen LogP) is 3.95. The maximum absolute atomic E-state index is 12.0. The van der Waals surface area contributed by atoms with Crippen LogP contribution in [0.5, 0.6) is 5.75 Å². The Bertz CT molecular complexity index is 668. The summed E-state index contributed by atoms with van der Waals surface area (Å²) in [6.45, 7) is 4.09. The van der Waals surface area contributed by atoms with Crippen molar-refractivity contribution in [2.75, 3.05) is 0 Å². The monoisotopic (exact) mass is 370 g/mol. The van der Waals surface area contributed by atoms with Gasteiger partial charge in [-0.05, 0) is 25.0 Å². The highest BCUT2D eigenvalue weighted by molar-refractivity contribution is 9.08. The fourth-order valence-corrected chi connectivity index (χ4v) is 2.35. The van der Waals surface area contributed by atoms with Gasteiger partial charge in [-0.3, -0.25) is 4.79 Å². The zero-order chi connectivity index (χ0) is 15.4. The highest BCUT2D eigenvalue weighted by Crippen LogP contribution is 2.20. The summed E-state index contributed by atoms with van der Waals surface area (Å²) >= 11 is 9.45. The molecule has 1 heterocycles. The number of alkyl halides is 1. The van der Waals surface area contributed by atoms with Crippen molar-refractivity contribution >= 4 is 27.5 Å². The first kappa shape index (κ1) is 16.0. The minimum absolute atomic E-state index is 0.0409. The topological polar surface area (TPSA) is 44.1 Å². The van der Waals surface area contributed by atoms with Crippen molar-refractivity contribution in [2.24, 2.45) is 0 Å². The molecule has 0 N–H and O–H groups in total. The van der Waals surface area contributed by atoms with Crippen LogP contribution < -0.4 is 10.3 Å². The number of hydrogen-bond acceptors (Lipinski definition) is 3. The number of ether oxygens (including phenoxy) is 1. The third kappa shape index (κ3) is 3.86. The molecule has 0 aliphatic carbocycles. The van der Waals surface area contributed by atoms with E-state index in [0.29, 0.717) is 12.4 Å². The van der Waals surface area contributed by atoms with Crippen LogP contribution in [0.25, 0.3) is 0 Å². The zero-order valence-corrected chi connectivity index (χ0v) is 14.2. The van der Waals surface area contributed by atoms with E-state index >= 15 is 0 Å². The van der Waals surface area contributed by atoms with E-state index in [4.69, 9.17) is 16.3 Å². The number of halogens is 2. The molecule has 0 saturated heterocycles. The Hall–Kier alpha value is -1.33. The third-order valence-corrected chi connectivity index (χ3v) is 3.97. The van der Waals surface area contributed by atoms with E-state index in [9.17, 15) is 4.79 Å². The minimum Gasteiger partial charge on any atom is -0.485 e. The smallest absolute Gasteiger partial charge is 0.289 e. The predicted molar refractivity (Wildman–Crippen MR) is 87.3 cm³/mol. The molecule has 1 aromatic carbocycles. The Kier molecular flexibility index (Phi) is 5.42. The summed E-state index contributed by atoms with van der Waals surface area (Å²) in [6, 6.07) is 7.95. The van der Waals surface area contributed by atoms with Crippen LogP contribution in [0.3, 0.4) is 0 Å². The molecule has 112 valence electrons. The van der Waals surface area contributed by atoms with Crippen LogP contribution in [0.2, 0.25) is 5.02 Å². The molecule has 0 radical (unpaired) electrons. The molecule has 0 saturated carbocycles. The van der Waals surface area contributed by atoms with Crippen molar-refractivity contribution in [1.82, 2.24) is 9.78 Å². The number of rotatable bonds is 5. The molecule has 0 spiro atoms. The largest absolute Gasteiger partial charge is 0.485 e. The van der Waals surface area contributed by atoms with E-state index in [-0.39, 0.29) is 16.6 Å². The molecule has 2 rings (SSSR count). The van der Waals surface area contributed by atoms with Gasteiger partial charge in [-0.25, -0.2) is 4.68 Å². The van der Waals surface area contributed by atoms with Gasteiger partial charge >= 0.3 is 0 Å². The second-order valence-corrected chi connectivity index (χ2v) is 5.84. The molecular formula is C15H16BrClN2O2. The van der Waals surface area contributed by atoms with Crippen molar-refractivity contribution in [1.29, 1.82) is 0 Å². The van der Waals surface area contributed by atoms with Crippen LogP contribution in [0.4, 0.5) is 0 Å². The van der Waals surface area contributed by atoms with Crippen molar-refractivity contribution in [3.8, 4) is 5.75 Å². The molecule has 21 heavy (non-hydrogen) atoms. The quantitative estimate of drug-likeness (QED) is 0.748. The summed E-state index contributed by atoms with van der Waals surface area (Å²) in [5.74, 6) is 0.308. The minimum atomic E-state index is -0.334. The van der Waals surface area contributed by atoms with Crippen LogP contribution in [0.15, 0.2) is 35.3 Å². The molecule has 6 heteroatoms. The molecule has 0 atom stereocenters. The fraction of sp³-hybridized carbons (Fsp3) is 0.333. The highest BCUT2D eigenvalue weighted by Gasteiger charge is 2.12. The zero-order valence-electron chi connectivity index (χ0n) is 11.8. The lowest BCUT2D eigenvalue weighted by Crippen LogP contribution is -2.25. The average molecular weight is 372 g/mol. The van der Waals surface area contributed by atoms with Gasteiger partial charge in [-0.1, -0.05) is 51.8 Å². The number of benzene rings is 1. The molecule has 1 aromatic heterocycles. The number of nitrogens with zero attached hydrogens (tertiary/aromatic N) is 2. The van der Waals surface area contributed by atoms with Gasteiger partial charge < -0.3 is 4.74 Å². The summed E-state index contributed by atoms with van der Waals surface area (Å²) in [4.78, 5) is 12.0. The summed E-state index contributed by atoms with van der Waals surface area (Å²) in [5.41, 5.74) is 1.86. The van der Waals surface area contributed by atoms with Crippen LogP contribution in [-0.4, -0.2) is 9.78 Å². The van der Waals surface area contributed by atoms with E-state index in [1.54, 1.807) is 0 Å². The Morgan fingerprint density at radius 2 is 1.90 bits per heavy atom. The van der Waals surface area contributed by atoms with Gasteiger partial charge in [-0.2, -0.15) is 5.10 Å². The highest BCUT2D eigenvalue weighted by atomic mass is 79.9. The van der Waals surface area contributed by atoms with E-state index in [2.05, 4.69) is 21.0 Å². The lowest BCUT2D eigenvalue weighted by molar-refractivity contribution is 0.301. The van der Waals surface area contributed by atoms with Gasteiger partial charge in [0.25, 0.3) is 5.56 Å². The molecule has 0 aliphatic rings. The van der Waals surface area contributed by atoms with Crippen molar-refractivity contribution in [2.45, 2.75) is 31.8 Å². The van der Waals surface area contributed by atoms with E-state index < -0.39 is 0 Å². The summed E-state index contributed by atoms with van der Waals surface area (Å²) in [7, 11) is 0. The molecular weight excluding hydrogens is 356 g/mol. The number of hydrogen-bond donors (Lipinski definition) is 0. The van der Waals surface area contributed by atoms with E-state index in [1.807, 2.05) is 38.1 Å². The van der Waals surface area contributed by atoms with E-state index in [0.717, 1.165) is 10.9 Å². The maximum atomic E-state index is 12.0. The lowest BCUT2D eigenvalue weighted by atomic mass is 10.2. The van der Waals surface area contributed by atoms with Gasteiger partial charge in [0.15, 0.2) is 10.8 Å². The van der Waals surface area contributed by atoms with Crippen LogP contribution in [0, 0.1) is 0 Å². The van der Waals surface area contributed by atoms with Gasteiger partial charge in [0.2, 0.25) is 0 Å². The SMILES string of the molecule is CC(C)n1ncc(OCc2ccc(CBr)cc2)c(Cl)c1=O. The molecule has 0 aliphatic heterocycles. The molecule has 0 fully saturated rings. The molecule has 0 amide bonds. The molecule has 2 aromatic rings. The van der Waals surface area contributed by atoms with Crippen molar-refractivity contribution in [3.05, 3.63) is 57.0 Å². The Morgan fingerprint density at radius 1 is 1.29 bits per heavy atom. The number of aromatic nitrogens is 2. The second-order valence-electron chi connectivity index (χ2n) is 4.91. The van der Waals surface area contributed by atoms with Gasteiger partial charge in [0, 0.05) is 5.33 Å². The Balaban J connectivity index is 2.13. The third-order valence-electron chi connectivity index (χ3n) is 2.97.